The van der Waals surface area contributed by atoms with Gasteiger partial charge in [0.25, 0.3) is 11.8 Å². The van der Waals surface area contributed by atoms with Crippen LogP contribution in [0.25, 0.3) is 0 Å². The van der Waals surface area contributed by atoms with Gasteiger partial charge in [-0.1, -0.05) is 51.1 Å². The molecule has 0 saturated heterocycles. The van der Waals surface area contributed by atoms with Crippen molar-refractivity contribution in [1.29, 1.82) is 0 Å². The van der Waals surface area contributed by atoms with Crippen LogP contribution in [0.1, 0.15) is 64.5 Å². The molecule has 3 rings (SSSR count). The highest BCUT2D eigenvalue weighted by Gasteiger charge is 2.36. The van der Waals surface area contributed by atoms with Crippen molar-refractivity contribution in [3.05, 3.63) is 70.2 Å². The first-order valence-electron chi connectivity index (χ1n) is 11.7. The summed E-state index contributed by atoms with van der Waals surface area (Å²) in [5.74, 6) is -1.42. The van der Waals surface area contributed by atoms with Crippen LogP contribution in [0.2, 0.25) is 0 Å². The van der Waals surface area contributed by atoms with E-state index in [9.17, 15) is 19.5 Å². The number of para-hydroxylation sites is 1. The number of anilines is 2. The zero-order chi connectivity index (χ0) is 26.4. The first-order chi connectivity index (χ1) is 17.1. The summed E-state index contributed by atoms with van der Waals surface area (Å²) in [6, 6.07) is 12.3. The van der Waals surface area contributed by atoms with Gasteiger partial charge in [-0.3, -0.25) is 19.3 Å². The number of nitrogens with one attached hydrogen (secondary N) is 1. The van der Waals surface area contributed by atoms with E-state index in [2.05, 4.69) is 23.5 Å². The summed E-state index contributed by atoms with van der Waals surface area (Å²) in [6.45, 7) is 6.49. The van der Waals surface area contributed by atoms with Gasteiger partial charge in [0.2, 0.25) is 5.91 Å². The van der Waals surface area contributed by atoms with E-state index >= 15 is 0 Å². The number of hydrogen-bond donors (Lipinski definition) is 4. The molecule has 10 heteroatoms. The van der Waals surface area contributed by atoms with Crippen LogP contribution in [0.5, 0.6) is 5.75 Å². The Hall–Kier alpha value is -3.92. The van der Waals surface area contributed by atoms with E-state index in [0.717, 1.165) is 23.5 Å². The van der Waals surface area contributed by atoms with E-state index < -0.39 is 17.9 Å². The smallest absolute Gasteiger partial charge is 0.273 e. The lowest BCUT2D eigenvalue weighted by molar-refractivity contribution is -0.122. The number of nitrogens with zero attached hydrogens (tertiary/aromatic N) is 2. The van der Waals surface area contributed by atoms with Crippen molar-refractivity contribution in [3.63, 3.8) is 0 Å². The minimum Gasteiger partial charge on any atom is -0.508 e. The van der Waals surface area contributed by atoms with Crippen molar-refractivity contribution in [2.75, 3.05) is 17.2 Å². The minimum atomic E-state index is -1.09. The number of carbonyl (C=O) groups is 3. The first-order valence-corrected chi connectivity index (χ1v) is 12.5. The van der Waals surface area contributed by atoms with E-state index in [-0.39, 0.29) is 27.9 Å². The Morgan fingerprint density at radius 3 is 2.36 bits per heavy atom. The zero-order valence-electron chi connectivity index (χ0n) is 20.5. The molecule has 0 bridgehead atoms. The molecule has 0 spiro atoms. The maximum absolute atomic E-state index is 14.1. The molecule has 0 saturated carbocycles. The van der Waals surface area contributed by atoms with Crippen LogP contribution in [0, 0.1) is 5.92 Å². The van der Waals surface area contributed by atoms with Crippen molar-refractivity contribution >= 4 is 40.6 Å². The molecule has 1 aromatic heterocycles. The minimum absolute atomic E-state index is 0.00784. The Labute approximate surface area is 214 Å². The molecule has 0 aliphatic carbocycles. The number of primary amides is 1. The average molecular weight is 510 g/mol. The summed E-state index contributed by atoms with van der Waals surface area (Å²) < 4.78 is 3.97. The molecular formula is C26H31N5O4S. The third kappa shape index (κ3) is 5.83. The van der Waals surface area contributed by atoms with Gasteiger partial charge in [-0.15, -0.1) is 0 Å². The molecule has 190 valence electrons. The molecule has 0 radical (unpaired) electrons. The van der Waals surface area contributed by atoms with Gasteiger partial charge in [0.15, 0.2) is 5.69 Å². The maximum Gasteiger partial charge on any atom is 0.273 e. The number of phenolic OH excluding ortho intramolecular Hbond substituents is 1. The molecule has 0 aliphatic rings. The van der Waals surface area contributed by atoms with Crippen LogP contribution in [0.15, 0.2) is 48.5 Å². The van der Waals surface area contributed by atoms with Crippen LogP contribution in [-0.4, -0.2) is 33.7 Å². The second-order valence-electron chi connectivity index (χ2n) is 8.76. The number of phenols is 1. The van der Waals surface area contributed by atoms with Gasteiger partial charge in [-0.25, -0.2) is 0 Å². The van der Waals surface area contributed by atoms with E-state index in [4.69, 9.17) is 11.5 Å². The second-order valence-corrected chi connectivity index (χ2v) is 9.54. The predicted molar refractivity (Wildman–Crippen MR) is 141 cm³/mol. The largest absolute Gasteiger partial charge is 0.508 e. The number of aromatic nitrogens is 1. The summed E-state index contributed by atoms with van der Waals surface area (Å²) in [5.41, 5.74) is 13.0. The van der Waals surface area contributed by atoms with Crippen molar-refractivity contribution in [2.45, 2.75) is 39.7 Å². The van der Waals surface area contributed by atoms with Gasteiger partial charge in [0.05, 0.1) is 5.69 Å². The van der Waals surface area contributed by atoms with Crippen molar-refractivity contribution in [1.82, 2.24) is 9.69 Å². The van der Waals surface area contributed by atoms with Gasteiger partial charge in [-0.2, -0.15) is 4.37 Å². The molecule has 0 aliphatic heterocycles. The number of aromatic hydroxyl groups is 1. The van der Waals surface area contributed by atoms with Crippen LogP contribution in [0.4, 0.5) is 11.4 Å². The van der Waals surface area contributed by atoms with Crippen LogP contribution >= 0.6 is 11.5 Å². The summed E-state index contributed by atoms with van der Waals surface area (Å²) in [7, 11) is 0. The van der Waals surface area contributed by atoms with Gasteiger partial charge >= 0.3 is 0 Å². The molecule has 6 N–H and O–H groups in total. The fourth-order valence-electron chi connectivity index (χ4n) is 3.80. The molecule has 1 heterocycles. The monoisotopic (exact) mass is 509 g/mol. The van der Waals surface area contributed by atoms with E-state index in [1.807, 2.05) is 19.1 Å². The number of hydrogen-bond acceptors (Lipinski definition) is 7. The number of carbonyl (C=O) groups excluding carboxylic acids is 3. The zero-order valence-corrected chi connectivity index (χ0v) is 21.3. The summed E-state index contributed by atoms with van der Waals surface area (Å²) in [4.78, 5) is 40.9. The van der Waals surface area contributed by atoms with Gasteiger partial charge in [0.1, 0.15) is 16.7 Å². The fraction of sp³-hybridized carbons (Fsp3) is 0.308. The quantitative estimate of drug-likeness (QED) is 0.327. The van der Waals surface area contributed by atoms with Crippen molar-refractivity contribution in [2.24, 2.45) is 11.7 Å². The fourth-order valence-corrected chi connectivity index (χ4v) is 4.55. The number of nitrogen functional groups attached to an aromatic ring is 1. The van der Waals surface area contributed by atoms with Crippen LogP contribution in [0.3, 0.4) is 0 Å². The molecule has 9 nitrogen and oxygen atoms in total. The summed E-state index contributed by atoms with van der Waals surface area (Å²) >= 11 is 0.759. The van der Waals surface area contributed by atoms with Gasteiger partial charge in [-0.05, 0) is 59.6 Å². The number of aryl methyl sites for hydroxylation is 1. The van der Waals surface area contributed by atoms with Crippen molar-refractivity contribution in [3.8, 4) is 5.75 Å². The van der Waals surface area contributed by atoms with E-state index in [1.165, 1.54) is 17.0 Å². The lowest BCUT2D eigenvalue weighted by atomic mass is 10.00. The molecule has 3 amide bonds. The highest BCUT2D eigenvalue weighted by atomic mass is 32.1. The van der Waals surface area contributed by atoms with Gasteiger partial charge < -0.3 is 21.9 Å². The predicted octanol–water partition coefficient (Wildman–Crippen LogP) is 3.64. The number of amides is 3. The molecular weight excluding hydrogens is 478 g/mol. The Morgan fingerprint density at radius 1 is 1.11 bits per heavy atom. The summed E-state index contributed by atoms with van der Waals surface area (Å²) in [5, 5.41) is 12.8. The maximum atomic E-state index is 14.1. The normalized spacial score (nSPS) is 11.8. The standard InChI is InChI=1S/C26H31N5O4S/c1-4-16-7-5-6-8-19(16)31(26(35)23-20(27)21(24(28)33)30-36-23)22(17-9-11-18(32)12-10-17)25(34)29-14-13-15(2)3/h5-12,15,22,32H,4,13-14,27H2,1-3H3,(H2,28,33)(H,29,34)/t22-/m1/s1. The number of rotatable bonds is 10. The summed E-state index contributed by atoms with van der Waals surface area (Å²) in [6.07, 6.45) is 1.36. The Kier molecular flexibility index (Phi) is 8.65. The third-order valence-corrected chi connectivity index (χ3v) is 6.59. The number of benzene rings is 2. The Balaban J connectivity index is 2.20. The molecule has 36 heavy (non-hydrogen) atoms. The Morgan fingerprint density at radius 2 is 1.78 bits per heavy atom. The lowest BCUT2D eigenvalue weighted by Crippen LogP contribution is -2.44. The molecule has 3 aromatic rings. The second kappa shape index (κ2) is 11.7. The number of nitrogens with two attached hydrogens (primary N) is 2. The van der Waals surface area contributed by atoms with Crippen LogP contribution < -0.4 is 21.7 Å². The SMILES string of the molecule is CCc1ccccc1N(C(=O)c1snc(C(N)=O)c1N)[C@@H](C(=O)NCCC(C)C)c1ccc(O)cc1. The topological polar surface area (TPSA) is 152 Å². The lowest BCUT2D eigenvalue weighted by Gasteiger charge is -2.32. The van der Waals surface area contributed by atoms with Gasteiger partial charge in [0, 0.05) is 12.2 Å². The molecule has 1 atom stereocenters. The van der Waals surface area contributed by atoms with Crippen LogP contribution in [-0.2, 0) is 11.2 Å². The van der Waals surface area contributed by atoms with E-state index in [0.29, 0.717) is 30.1 Å². The Bertz CT molecular complexity index is 1240. The molecule has 0 fully saturated rings. The molecule has 0 unspecified atom stereocenters. The average Bonchev–Trinajstić information content (AvgIpc) is 3.24. The highest BCUT2D eigenvalue weighted by Crippen LogP contribution is 2.35. The first kappa shape index (κ1) is 26.7. The van der Waals surface area contributed by atoms with Crippen molar-refractivity contribution < 1.29 is 19.5 Å². The third-order valence-electron chi connectivity index (χ3n) is 5.74. The highest BCUT2D eigenvalue weighted by molar-refractivity contribution is 7.09. The molecule has 2 aromatic carbocycles. The van der Waals surface area contributed by atoms with E-state index in [1.54, 1.807) is 24.3 Å².